The van der Waals surface area contributed by atoms with Crippen molar-refractivity contribution < 1.29 is 9.52 Å². The van der Waals surface area contributed by atoms with Crippen LogP contribution in [-0.2, 0) is 0 Å². The number of aromatic nitrogens is 2. The topological polar surface area (TPSA) is 88.4 Å². The molecular weight excluding hydrogens is 172 g/mol. The van der Waals surface area contributed by atoms with Crippen LogP contribution >= 0.6 is 0 Å². The van der Waals surface area contributed by atoms with E-state index in [9.17, 15) is 0 Å². The Balaban J connectivity index is 2.67. The maximum Gasteiger partial charge on any atom is 0.318 e. The quantitative estimate of drug-likeness (QED) is 0.660. The van der Waals surface area contributed by atoms with E-state index in [-0.39, 0.29) is 12.6 Å². The number of hydrogen-bond acceptors (Lipinski definition) is 6. The molecule has 0 bridgehead atoms. The minimum Gasteiger partial charge on any atom is -0.406 e. The third kappa shape index (κ3) is 2.40. The van der Waals surface area contributed by atoms with Gasteiger partial charge in [0.15, 0.2) is 0 Å². The fourth-order valence-electron chi connectivity index (χ4n) is 0.810. The van der Waals surface area contributed by atoms with E-state index in [1.165, 1.54) is 0 Å². The van der Waals surface area contributed by atoms with Gasteiger partial charge in [0.1, 0.15) is 0 Å². The molecule has 0 aromatic carbocycles. The van der Waals surface area contributed by atoms with Crippen molar-refractivity contribution in [3.63, 3.8) is 0 Å². The summed E-state index contributed by atoms with van der Waals surface area (Å²) in [6.45, 7) is 2.27. The van der Waals surface area contributed by atoms with Gasteiger partial charge >= 0.3 is 6.01 Å². The summed E-state index contributed by atoms with van der Waals surface area (Å²) in [7, 11) is 1.76. The molecule has 1 atom stereocenters. The molecule has 74 valence electrons. The van der Waals surface area contributed by atoms with Gasteiger partial charge in [-0.3, -0.25) is 0 Å². The first kappa shape index (κ1) is 9.94. The fraction of sp³-hybridized carbons (Fsp3) is 0.714. The highest BCUT2D eigenvalue weighted by Gasteiger charge is 2.12. The highest BCUT2D eigenvalue weighted by molar-refractivity contribution is 5.21. The lowest BCUT2D eigenvalue weighted by molar-refractivity contribution is 0.300. The number of likely N-dealkylation sites (N-methyl/N-ethyl adjacent to an activating group) is 1. The molecule has 0 fully saturated rings. The summed E-state index contributed by atoms with van der Waals surface area (Å²) >= 11 is 0. The SMILES string of the molecule is CC(N)c1nnc(N(C)CCO)o1. The van der Waals surface area contributed by atoms with E-state index in [0.717, 1.165) is 0 Å². The number of nitrogens with two attached hydrogens (primary N) is 1. The van der Waals surface area contributed by atoms with Gasteiger partial charge in [-0.15, -0.1) is 5.10 Å². The summed E-state index contributed by atoms with van der Waals surface area (Å²) < 4.78 is 5.23. The van der Waals surface area contributed by atoms with E-state index in [2.05, 4.69) is 10.2 Å². The van der Waals surface area contributed by atoms with Crippen LogP contribution < -0.4 is 10.6 Å². The highest BCUT2D eigenvalue weighted by Crippen LogP contribution is 2.13. The van der Waals surface area contributed by atoms with Crippen molar-refractivity contribution in [1.29, 1.82) is 0 Å². The van der Waals surface area contributed by atoms with Crippen LogP contribution in [0.4, 0.5) is 6.01 Å². The van der Waals surface area contributed by atoms with Crippen molar-refractivity contribution in [3.05, 3.63) is 5.89 Å². The zero-order valence-electron chi connectivity index (χ0n) is 7.77. The van der Waals surface area contributed by atoms with E-state index in [0.29, 0.717) is 18.5 Å². The van der Waals surface area contributed by atoms with Crippen molar-refractivity contribution in [2.24, 2.45) is 5.73 Å². The molecule has 0 spiro atoms. The van der Waals surface area contributed by atoms with E-state index in [1.807, 2.05) is 0 Å². The Kier molecular flexibility index (Phi) is 3.21. The first-order valence-electron chi connectivity index (χ1n) is 4.06. The van der Waals surface area contributed by atoms with Gasteiger partial charge in [-0.05, 0) is 6.92 Å². The van der Waals surface area contributed by atoms with Gasteiger partial charge in [-0.25, -0.2) is 0 Å². The smallest absolute Gasteiger partial charge is 0.318 e. The molecule has 1 aromatic heterocycles. The Labute approximate surface area is 76.4 Å². The number of hydrogen-bond donors (Lipinski definition) is 2. The molecule has 0 aliphatic rings. The molecule has 6 nitrogen and oxygen atoms in total. The van der Waals surface area contributed by atoms with Gasteiger partial charge < -0.3 is 20.2 Å². The van der Waals surface area contributed by atoms with Gasteiger partial charge in [0.2, 0.25) is 5.89 Å². The van der Waals surface area contributed by atoms with Crippen LogP contribution in [0.25, 0.3) is 0 Å². The summed E-state index contributed by atoms with van der Waals surface area (Å²) in [5, 5.41) is 16.2. The average molecular weight is 186 g/mol. The van der Waals surface area contributed by atoms with Crippen molar-refractivity contribution in [3.8, 4) is 0 Å². The predicted molar refractivity (Wildman–Crippen MR) is 47.3 cm³/mol. The van der Waals surface area contributed by atoms with Crippen molar-refractivity contribution >= 4 is 6.01 Å². The van der Waals surface area contributed by atoms with E-state index in [1.54, 1.807) is 18.9 Å². The molecule has 0 amide bonds. The summed E-state index contributed by atoms with van der Waals surface area (Å²) in [6, 6.07) is 0.116. The van der Waals surface area contributed by atoms with E-state index >= 15 is 0 Å². The third-order valence-corrected chi connectivity index (χ3v) is 1.58. The molecule has 0 aliphatic carbocycles. The molecule has 0 aliphatic heterocycles. The van der Waals surface area contributed by atoms with Gasteiger partial charge in [-0.2, -0.15) is 0 Å². The number of aliphatic hydroxyl groups excluding tert-OH is 1. The van der Waals surface area contributed by atoms with Crippen LogP contribution in [0.15, 0.2) is 4.42 Å². The fourth-order valence-corrected chi connectivity index (χ4v) is 0.810. The molecule has 1 aromatic rings. The van der Waals surface area contributed by atoms with Crippen LogP contribution in [-0.4, -0.2) is 35.5 Å². The number of anilines is 1. The third-order valence-electron chi connectivity index (χ3n) is 1.58. The summed E-state index contributed by atoms with van der Waals surface area (Å²) in [4.78, 5) is 1.67. The largest absolute Gasteiger partial charge is 0.406 e. The highest BCUT2D eigenvalue weighted by atomic mass is 16.4. The molecule has 0 saturated carbocycles. The lowest BCUT2D eigenvalue weighted by atomic mass is 10.4. The van der Waals surface area contributed by atoms with E-state index in [4.69, 9.17) is 15.3 Å². The molecule has 0 saturated heterocycles. The molecule has 1 rings (SSSR count). The van der Waals surface area contributed by atoms with Crippen molar-refractivity contribution in [1.82, 2.24) is 10.2 Å². The Morgan fingerprint density at radius 1 is 1.62 bits per heavy atom. The number of nitrogens with zero attached hydrogens (tertiary/aromatic N) is 3. The van der Waals surface area contributed by atoms with Gasteiger partial charge in [0.05, 0.1) is 12.6 Å². The van der Waals surface area contributed by atoms with Crippen LogP contribution in [0.1, 0.15) is 18.9 Å². The monoisotopic (exact) mass is 186 g/mol. The predicted octanol–water partition coefficient (Wildman–Crippen LogP) is -0.482. The minimum absolute atomic E-state index is 0.0480. The molecule has 3 N–H and O–H groups in total. The second kappa shape index (κ2) is 4.20. The maximum atomic E-state index is 8.66. The van der Waals surface area contributed by atoms with Crippen LogP contribution in [0, 0.1) is 0 Å². The zero-order chi connectivity index (χ0) is 9.84. The van der Waals surface area contributed by atoms with Crippen molar-refractivity contribution in [2.75, 3.05) is 25.1 Å². The lowest BCUT2D eigenvalue weighted by Gasteiger charge is -2.10. The molecular formula is C7H14N4O2. The molecule has 13 heavy (non-hydrogen) atoms. The molecule has 1 unspecified atom stereocenters. The normalized spacial score (nSPS) is 12.9. The second-order valence-corrected chi connectivity index (χ2v) is 2.86. The van der Waals surface area contributed by atoms with Gasteiger partial charge in [0, 0.05) is 13.6 Å². The average Bonchev–Trinajstić information content (AvgIpc) is 2.52. The van der Waals surface area contributed by atoms with Crippen molar-refractivity contribution in [2.45, 2.75) is 13.0 Å². The summed E-state index contributed by atoms with van der Waals surface area (Å²) in [5.41, 5.74) is 5.54. The van der Waals surface area contributed by atoms with E-state index < -0.39 is 0 Å². The zero-order valence-corrected chi connectivity index (χ0v) is 7.77. The molecule has 1 heterocycles. The molecule has 0 radical (unpaired) electrons. The van der Waals surface area contributed by atoms with Crippen LogP contribution in [0.2, 0.25) is 0 Å². The lowest BCUT2D eigenvalue weighted by Crippen LogP contribution is -2.21. The first-order valence-corrected chi connectivity index (χ1v) is 4.06. The maximum absolute atomic E-state index is 8.66. The Hall–Kier alpha value is -1.14. The molecule has 6 heteroatoms. The Morgan fingerprint density at radius 3 is 2.77 bits per heavy atom. The Morgan fingerprint density at radius 2 is 2.31 bits per heavy atom. The van der Waals surface area contributed by atoms with Crippen LogP contribution in [0.5, 0.6) is 0 Å². The van der Waals surface area contributed by atoms with Gasteiger partial charge in [-0.1, -0.05) is 5.10 Å². The number of aliphatic hydroxyl groups is 1. The Bertz CT molecular complexity index is 261. The second-order valence-electron chi connectivity index (χ2n) is 2.86. The first-order chi connectivity index (χ1) is 6.15. The standard InChI is InChI=1S/C7H14N4O2/c1-5(8)6-9-10-7(13-6)11(2)3-4-12/h5,12H,3-4,8H2,1-2H3. The van der Waals surface area contributed by atoms with Gasteiger partial charge in [0.25, 0.3) is 0 Å². The number of rotatable bonds is 4. The summed E-state index contributed by atoms with van der Waals surface area (Å²) in [6.07, 6.45) is 0. The summed E-state index contributed by atoms with van der Waals surface area (Å²) in [5.74, 6) is 0.403. The van der Waals surface area contributed by atoms with Crippen LogP contribution in [0.3, 0.4) is 0 Å². The minimum atomic E-state index is -0.260.